The summed E-state index contributed by atoms with van der Waals surface area (Å²) in [6.07, 6.45) is 42.5. The number of allylic oxidation sites excluding steroid dienone is 1. The Morgan fingerprint density at radius 1 is 0.542 bits per heavy atom. The molecule has 0 fully saturated rings. The van der Waals surface area contributed by atoms with Gasteiger partial charge in [-0.15, -0.1) is 0 Å². The van der Waals surface area contributed by atoms with Crippen LogP contribution in [0.2, 0.25) is 0 Å². The number of rotatable bonds is 38. The van der Waals surface area contributed by atoms with E-state index in [2.05, 4.69) is 26.1 Å². The van der Waals surface area contributed by atoms with E-state index < -0.39 is 24.2 Å². The van der Waals surface area contributed by atoms with Gasteiger partial charge in [-0.3, -0.25) is 4.79 Å². The summed E-state index contributed by atoms with van der Waals surface area (Å²) in [4.78, 5) is 12.4. The Labute approximate surface area is 299 Å². The molecule has 0 saturated heterocycles. The predicted octanol–water partition coefficient (Wildman–Crippen LogP) is 11.9. The van der Waals surface area contributed by atoms with Gasteiger partial charge in [0.05, 0.1) is 18.8 Å². The van der Waals surface area contributed by atoms with Crippen molar-refractivity contribution in [2.75, 3.05) is 6.61 Å². The average Bonchev–Trinajstić information content (AvgIpc) is 3.07. The molecule has 0 heterocycles. The highest BCUT2D eigenvalue weighted by Crippen LogP contribution is 2.16. The van der Waals surface area contributed by atoms with Gasteiger partial charge in [0, 0.05) is 0 Å². The maximum atomic E-state index is 12.4. The molecule has 0 aliphatic heterocycles. The van der Waals surface area contributed by atoms with Crippen molar-refractivity contribution in [2.24, 2.45) is 5.92 Å². The molecule has 0 aromatic carbocycles. The Bertz CT molecular complexity index is 682. The molecule has 0 aromatic rings. The molecule has 1 amide bonds. The summed E-state index contributed by atoms with van der Waals surface area (Å²) in [7, 11) is 0. The standard InChI is InChI=1S/C43H85NO4/c1-4-5-6-7-8-9-10-11-12-13-14-15-16-17-18-19-20-21-24-28-31-34-37-42(47)43(48)44-40(38-45)41(46)36-33-30-27-25-22-23-26-29-32-35-39(2)3/h33,36,39-42,45-47H,4-32,34-35,37-38H2,1-3H3,(H,44,48)/b36-33+/t40-,41+,42+/m0/s1. The highest BCUT2D eigenvalue weighted by atomic mass is 16.3. The van der Waals surface area contributed by atoms with Gasteiger partial charge >= 0.3 is 0 Å². The van der Waals surface area contributed by atoms with Gasteiger partial charge in [-0.05, 0) is 25.2 Å². The van der Waals surface area contributed by atoms with Crippen LogP contribution >= 0.6 is 0 Å². The zero-order valence-corrected chi connectivity index (χ0v) is 32.5. The number of aliphatic hydroxyl groups is 3. The van der Waals surface area contributed by atoms with E-state index in [0.717, 1.165) is 38.0 Å². The Kier molecular flexibility index (Phi) is 36.6. The van der Waals surface area contributed by atoms with E-state index in [0.29, 0.717) is 6.42 Å². The summed E-state index contributed by atoms with van der Waals surface area (Å²) >= 11 is 0. The molecular formula is C43H85NO4. The van der Waals surface area contributed by atoms with Crippen LogP contribution < -0.4 is 5.32 Å². The summed E-state index contributed by atoms with van der Waals surface area (Å²) in [6.45, 7) is 6.50. The third kappa shape index (κ3) is 33.6. The molecule has 0 unspecified atom stereocenters. The van der Waals surface area contributed by atoms with Crippen molar-refractivity contribution in [2.45, 2.75) is 244 Å². The van der Waals surface area contributed by atoms with Gasteiger partial charge in [0.1, 0.15) is 6.10 Å². The molecule has 4 N–H and O–H groups in total. The van der Waals surface area contributed by atoms with Gasteiger partial charge in [-0.25, -0.2) is 0 Å². The smallest absolute Gasteiger partial charge is 0.249 e. The Morgan fingerprint density at radius 2 is 0.896 bits per heavy atom. The second-order valence-electron chi connectivity index (χ2n) is 15.4. The fourth-order valence-electron chi connectivity index (χ4n) is 6.66. The lowest BCUT2D eigenvalue weighted by Crippen LogP contribution is -2.48. The molecule has 5 heteroatoms. The Morgan fingerprint density at radius 3 is 1.27 bits per heavy atom. The highest BCUT2D eigenvalue weighted by Gasteiger charge is 2.22. The molecule has 0 rings (SSSR count). The second-order valence-corrected chi connectivity index (χ2v) is 15.4. The molecule has 0 aliphatic rings. The number of aliphatic hydroxyl groups excluding tert-OH is 3. The molecule has 286 valence electrons. The molecule has 3 atom stereocenters. The number of unbranched alkanes of at least 4 members (excludes halogenated alkanes) is 28. The van der Waals surface area contributed by atoms with Crippen molar-refractivity contribution in [1.29, 1.82) is 0 Å². The van der Waals surface area contributed by atoms with E-state index in [1.54, 1.807) is 6.08 Å². The first kappa shape index (κ1) is 47.1. The SMILES string of the molecule is CCCCCCCCCCCCCCCCCCCCCCCC[C@@H](O)C(=O)N[C@@H](CO)[C@H](O)/C=C/CCCCCCCCCC(C)C. The minimum Gasteiger partial charge on any atom is -0.394 e. The number of amides is 1. The molecule has 0 radical (unpaired) electrons. The lowest BCUT2D eigenvalue weighted by Gasteiger charge is -2.21. The van der Waals surface area contributed by atoms with Crippen molar-refractivity contribution in [3.8, 4) is 0 Å². The first-order valence-corrected chi connectivity index (χ1v) is 21.4. The van der Waals surface area contributed by atoms with E-state index in [-0.39, 0.29) is 6.61 Å². The third-order valence-electron chi connectivity index (χ3n) is 10.1. The number of carbonyl (C=O) groups is 1. The fraction of sp³-hybridized carbons (Fsp3) is 0.930. The van der Waals surface area contributed by atoms with Crippen LogP contribution in [-0.4, -0.2) is 46.1 Å². The van der Waals surface area contributed by atoms with Crippen LogP contribution in [0.4, 0.5) is 0 Å². The lowest BCUT2D eigenvalue weighted by atomic mass is 10.0. The van der Waals surface area contributed by atoms with E-state index in [4.69, 9.17) is 0 Å². The van der Waals surface area contributed by atoms with Crippen LogP contribution in [0.1, 0.15) is 226 Å². The van der Waals surface area contributed by atoms with E-state index >= 15 is 0 Å². The summed E-state index contributed by atoms with van der Waals surface area (Å²) in [5.74, 6) is 0.308. The van der Waals surface area contributed by atoms with Gasteiger partial charge in [0.25, 0.3) is 0 Å². The third-order valence-corrected chi connectivity index (χ3v) is 10.1. The van der Waals surface area contributed by atoms with Gasteiger partial charge < -0.3 is 20.6 Å². The quantitative estimate of drug-likeness (QED) is 0.0386. The molecule has 0 bridgehead atoms. The van der Waals surface area contributed by atoms with Crippen LogP contribution in [0.5, 0.6) is 0 Å². The van der Waals surface area contributed by atoms with Crippen LogP contribution in [0.3, 0.4) is 0 Å². The van der Waals surface area contributed by atoms with Crippen LogP contribution in [0, 0.1) is 5.92 Å². The monoisotopic (exact) mass is 680 g/mol. The minimum absolute atomic E-state index is 0.361. The Hall–Kier alpha value is -0.910. The second kappa shape index (κ2) is 37.3. The van der Waals surface area contributed by atoms with Gasteiger partial charge in [-0.1, -0.05) is 219 Å². The molecule has 5 nitrogen and oxygen atoms in total. The van der Waals surface area contributed by atoms with Crippen molar-refractivity contribution < 1.29 is 20.1 Å². The maximum absolute atomic E-state index is 12.4. The van der Waals surface area contributed by atoms with Crippen LogP contribution in [0.25, 0.3) is 0 Å². The molecular weight excluding hydrogens is 594 g/mol. The van der Waals surface area contributed by atoms with Crippen molar-refractivity contribution in [1.82, 2.24) is 5.32 Å². The van der Waals surface area contributed by atoms with E-state index in [9.17, 15) is 20.1 Å². The summed E-state index contributed by atoms with van der Waals surface area (Å²) in [6, 6.07) is -0.793. The first-order chi connectivity index (χ1) is 23.4. The van der Waals surface area contributed by atoms with Gasteiger partial charge in [0.15, 0.2) is 0 Å². The molecule has 0 aliphatic carbocycles. The van der Waals surface area contributed by atoms with Crippen molar-refractivity contribution in [3.05, 3.63) is 12.2 Å². The minimum atomic E-state index is -1.09. The van der Waals surface area contributed by atoms with Crippen molar-refractivity contribution in [3.63, 3.8) is 0 Å². The summed E-state index contributed by atoms with van der Waals surface area (Å²) in [5.41, 5.74) is 0. The Balaban J connectivity index is 3.60. The van der Waals surface area contributed by atoms with Gasteiger partial charge in [-0.2, -0.15) is 0 Å². The normalized spacial score (nSPS) is 13.8. The summed E-state index contributed by atoms with van der Waals surface area (Å²) in [5, 5.41) is 33.0. The zero-order valence-electron chi connectivity index (χ0n) is 32.5. The molecule has 0 aromatic heterocycles. The van der Waals surface area contributed by atoms with E-state index in [1.165, 1.54) is 167 Å². The van der Waals surface area contributed by atoms with Gasteiger partial charge in [0.2, 0.25) is 5.91 Å². The largest absolute Gasteiger partial charge is 0.394 e. The zero-order chi connectivity index (χ0) is 35.3. The summed E-state index contributed by atoms with van der Waals surface area (Å²) < 4.78 is 0. The lowest BCUT2D eigenvalue weighted by molar-refractivity contribution is -0.131. The highest BCUT2D eigenvalue weighted by molar-refractivity contribution is 5.80. The average molecular weight is 680 g/mol. The van der Waals surface area contributed by atoms with Crippen LogP contribution in [-0.2, 0) is 4.79 Å². The molecule has 0 spiro atoms. The maximum Gasteiger partial charge on any atom is 0.249 e. The topological polar surface area (TPSA) is 89.8 Å². The molecule has 48 heavy (non-hydrogen) atoms. The van der Waals surface area contributed by atoms with Crippen LogP contribution in [0.15, 0.2) is 12.2 Å². The molecule has 0 saturated carbocycles. The van der Waals surface area contributed by atoms with Crippen molar-refractivity contribution >= 4 is 5.91 Å². The number of nitrogens with one attached hydrogen (secondary N) is 1. The fourth-order valence-corrected chi connectivity index (χ4v) is 6.66. The first-order valence-electron chi connectivity index (χ1n) is 21.4. The number of hydrogen-bond acceptors (Lipinski definition) is 4. The predicted molar refractivity (Wildman–Crippen MR) is 208 cm³/mol. The number of hydrogen-bond donors (Lipinski definition) is 4. The van der Waals surface area contributed by atoms with E-state index in [1.807, 2.05) is 6.08 Å². The number of carbonyl (C=O) groups excluding carboxylic acids is 1.